The predicted octanol–water partition coefficient (Wildman–Crippen LogP) is 4.45. The Morgan fingerprint density at radius 1 is 1.26 bits per heavy atom. The zero-order chi connectivity index (χ0) is 21.4. The third-order valence-electron chi connectivity index (χ3n) is 6.32. The van der Waals surface area contributed by atoms with Crippen molar-refractivity contribution in [2.45, 2.75) is 31.4 Å². The molecule has 2 aliphatic rings. The van der Waals surface area contributed by atoms with Crippen molar-refractivity contribution in [3.63, 3.8) is 0 Å². The van der Waals surface area contributed by atoms with Crippen LogP contribution in [0.15, 0.2) is 53.9 Å². The zero-order valence-corrected chi connectivity index (χ0v) is 18.1. The van der Waals surface area contributed by atoms with Gasteiger partial charge < -0.3 is 10.1 Å². The quantitative estimate of drug-likeness (QED) is 0.655. The van der Waals surface area contributed by atoms with E-state index in [1.165, 1.54) is 34.6 Å². The van der Waals surface area contributed by atoms with E-state index in [1.807, 2.05) is 12.3 Å². The number of aryl methyl sites for hydroxylation is 1. The van der Waals surface area contributed by atoms with Crippen LogP contribution in [-0.2, 0) is 21.6 Å². The fourth-order valence-corrected chi connectivity index (χ4v) is 5.29. The highest BCUT2D eigenvalue weighted by Gasteiger charge is 2.44. The number of halogens is 1. The van der Waals surface area contributed by atoms with E-state index < -0.39 is 0 Å². The van der Waals surface area contributed by atoms with E-state index in [1.54, 1.807) is 12.1 Å². The molecule has 2 atom stereocenters. The largest absolute Gasteiger partial charge is 0.368 e. The molecule has 1 amide bonds. The minimum atomic E-state index is -0.319. The summed E-state index contributed by atoms with van der Waals surface area (Å²) in [6.45, 7) is 3.97. The lowest BCUT2D eigenvalue weighted by Crippen LogP contribution is -2.54. The minimum absolute atomic E-state index is 0.0802. The second-order valence-electron chi connectivity index (χ2n) is 8.18. The van der Waals surface area contributed by atoms with Crippen LogP contribution in [0.1, 0.15) is 24.5 Å². The van der Waals surface area contributed by atoms with Gasteiger partial charge in [-0.25, -0.2) is 9.37 Å². The van der Waals surface area contributed by atoms with Gasteiger partial charge in [-0.2, -0.15) is 0 Å². The van der Waals surface area contributed by atoms with E-state index in [4.69, 9.17) is 4.74 Å². The molecule has 1 saturated heterocycles. The molecule has 7 heteroatoms. The molecule has 1 N–H and O–H groups in total. The lowest BCUT2D eigenvalue weighted by atomic mass is 9.93. The Hall–Kier alpha value is -2.61. The monoisotopic (exact) mass is 437 g/mol. The number of benzene rings is 2. The molecule has 1 aromatic heterocycles. The maximum atomic E-state index is 13.1. The molecule has 2 aromatic carbocycles. The molecule has 0 radical (unpaired) electrons. The van der Waals surface area contributed by atoms with Crippen LogP contribution >= 0.6 is 11.3 Å². The lowest BCUT2D eigenvalue weighted by molar-refractivity contribution is -0.137. The van der Waals surface area contributed by atoms with Crippen LogP contribution in [0.4, 0.5) is 9.52 Å². The van der Waals surface area contributed by atoms with Gasteiger partial charge in [0.15, 0.2) is 5.13 Å². The van der Waals surface area contributed by atoms with Crippen LogP contribution in [-0.4, -0.2) is 41.5 Å². The summed E-state index contributed by atoms with van der Waals surface area (Å²) in [5, 5.41) is 5.36. The van der Waals surface area contributed by atoms with Gasteiger partial charge in [-0.1, -0.05) is 24.3 Å². The van der Waals surface area contributed by atoms with Crippen molar-refractivity contribution in [2.24, 2.45) is 0 Å². The van der Waals surface area contributed by atoms with Crippen LogP contribution in [0.25, 0.3) is 11.3 Å². The zero-order valence-electron chi connectivity index (χ0n) is 17.3. The van der Waals surface area contributed by atoms with Gasteiger partial charge in [0.2, 0.25) is 5.91 Å². The summed E-state index contributed by atoms with van der Waals surface area (Å²) in [4.78, 5) is 19.7. The van der Waals surface area contributed by atoms with Crippen molar-refractivity contribution in [3.05, 3.63) is 70.9 Å². The lowest BCUT2D eigenvalue weighted by Gasteiger charge is -2.43. The summed E-state index contributed by atoms with van der Waals surface area (Å²) in [5.74, 6) is -0.363. The van der Waals surface area contributed by atoms with Crippen LogP contribution in [0, 0.1) is 5.82 Å². The van der Waals surface area contributed by atoms with E-state index in [0.29, 0.717) is 18.3 Å². The van der Waals surface area contributed by atoms with Crippen molar-refractivity contribution >= 4 is 22.4 Å². The Kier molecular flexibility index (Phi) is 5.33. The molecular formula is C24H24FN3O2S. The highest BCUT2D eigenvalue weighted by Crippen LogP contribution is 2.42. The third-order valence-corrected chi connectivity index (χ3v) is 7.08. The molecular weight excluding hydrogens is 413 g/mol. The second kappa shape index (κ2) is 8.15. The average Bonchev–Trinajstić information content (AvgIpc) is 3.39. The van der Waals surface area contributed by atoms with Gasteiger partial charge >= 0.3 is 0 Å². The van der Waals surface area contributed by atoms with Crippen molar-refractivity contribution < 1.29 is 13.9 Å². The number of carbonyl (C=O) groups is 1. The minimum Gasteiger partial charge on any atom is -0.368 e. The number of rotatable bonds is 4. The first-order valence-corrected chi connectivity index (χ1v) is 11.4. The van der Waals surface area contributed by atoms with Crippen molar-refractivity contribution in [3.8, 4) is 11.3 Å². The van der Waals surface area contributed by atoms with Crippen molar-refractivity contribution in [1.29, 1.82) is 0 Å². The van der Waals surface area contributed by atoms with Gasteiger partial charge in [0.1, 0.15) is 11.4 Å². The van der Waals surface area contributed by atoms with Crippen LogP contribution in [0.3, 0.4) is 0 Å². The number of aromatic nitrogens is 1. The average molecular weight is 438 g/mol. The maximum absolute atomic E-state index is 13.1. The molecule has 31 heavy (non-hydrogen) atoms. The van der Waals surface area contributed by atoms with Gasteiger partial charge in [-0.15, -0.1) is 11.3 Å². The van der Waals surface area contributed by atoms with E-state index in [9.17, 15) is 9.18 Å². The number of ether oxygens (including phenoxy) is 1. The maximum Gasteiger partial charge on any atom is 0.243 e. The predicted molar refractivity (Wildman–Crippen MR) is 120 cm³/mol. The molecule has 1 aliphatic heterocycles. The molecule has 160 valence electrons. The number of nitrogens with zero attached hydrogens (tertiary/aromatic N) is 2. The summed E-state index contributed by atoms with van der Waals surface area (Å²) < 4.78 is 19.4. The summed E-state index contributed by atoms with van der Waals surface area (Å²) in [6, 6.07) is 14.3. The van der Waals surface area contributed by atoms with Gasteiger partial charge in [0.05, 0.1) is 18.3 Å². The smallest absolute Gasteiger partial charge is 0.243 e. The summed E-state index contributed by atoms with van der Waals surface area (Å²) in [7, 11) is 0. The fourth-order valence-electron chi connectivity index (χ4n) is 4.57. The Bertz CT molecular complexity index is 1100. The highest BCUT2D eigenvalue weighted by molar-refractivity contribution is 7.14. The van der Waals surface area contributed by atoms with Crippen LogP contribution in [0.5, 0.6) is 0 Å². The van der Waals surface area contributed by atoms with Gasteiger partial charge in [0.25, 0.3) is 0 Å². The van der Waals surface area contributed by atoms with E-state index >= 15 is 0 Å². The van der Waals surface area contributed by atoms with E-state index in [-0.39, 0.29) is 23.4 Å². The number of morpholine rings is 1. The first-order chi connectivity index (χ1) is 15.0. The number of fused-ring (bicyclic) bond motifs is 2. The molecule has 3 aromatic rings. The Labute approximate surface area is 184 Å². The number of hydrogen-bond donors (Lipinski definition) is 1. The molecule has 0 saturated carbocycles. The molecule has 1 fully saturated rings. The van der Waals surface area contributed by atoms with E-state index in [0.717, 1.165) is 30.6 Å². The first-order valence-electron chi connectivity index (χ1n) is 10.5. The number of amides is 1. The molecule has 5 rings (SSSR count). The highest BCUT2D eigenvalue weighted by atomic mass is 32.1. The Balaban J connectivity index is 1.27. The number of carbonyl (C=O) groups excluding carboxylic acids is 1. The van der Waals surface area contributed by atoms with Crippen molar-refractivity contribution in [1.82, 2.24) is 9.88 Å². The van der Waals surface area contributed by atoms with Gasteiger partial charge in [-0.05, 0) is 55.2 Å². The molecule has 0 bridgehead atoms. The van der Waals surface area contributed by atoms with Crippen molar-refractivity contribution in [2.75, 3.05) is 25.0 Å². The molecule has 2 heterocycles. The standard InChI is InChI=1S/C24H24FN3O2S/c1-16(22(29)27-23-26-21(14-31-23)18-6-8-19(25)9-7-18)28-12-13-30-24(15-28)11-10-17-4-2-3-5-20(17)24/h2-9,14,16H,10-13,15H2,1H3,(H,26,27,29). The normalized spacial score (nSPS) is 21.7. The topological polar surface area (TPSA) is 54.5 Å². The molecule has 1 aliphatic carbocycles. The van der Waals surface area contributed by atoms with Gasteiger partial charge in [0, 0.05) is 24.0 Å². The first kappa shape index (κ1) is 20.3. The fraction of sp³-hybridized carbons (Fsp3) is 0.333. The third kappa shape index (κ3) is 3.89. The SMILES string of the molecule is CC(C(=O)Nc1nc(-c2ccc(F)cc2)cs1)N1CCOC2(CCc3ccccc32)C1. The number of nitrogens with one attached hydrogen (secondary N) is 1. The van der Waals surface area contributed by atoms with E-state index in [2.05, 4.69) is 39.5 Å². The summed E-state index contributed by atoms with van der Waals surface area (Å²) in [5.41, 5.74) is 3.83. The molecule has 2 unspecified atom stereocenters. The summed E-state index contributed by atoms with van der Waals surface area (Å²) in [6.07, 6.45) is 1.96. The van der Waals surface area contributed by atoms with Gasteiger partial charge in [-0.3, -0.25) is 9.69 Å². The number of thiazole rings is 1. The number of anilines is 1. The Morgan fingerprint density at radius 2 is 2.06 bits per heavy atom. The molecule has 1 spiro atoms. The van der Waals surface area contributed by atoms with Crippen LogP contribution in [0.2, 0.25) is 0 Å². The molecule has 5 nitrogen and oxygen atoms in total. The van der Waals surface area contributed by atoms with Crippen LogP contribution < -0.4 is 5.32 Å². The second-order valence-corrected chi connectivity index (χ2v) is 9.04. The number of hydrogen-bond acceptors (Lipinski definition) is 5. The Morgan fingerprint density at radius 3 is 2.90 bits per heavy atom. The summed E-state index contributed by atoms with van der Waals surface area (Å²) >= 11 is 1.37.